The predicted molar refractivity (Wildman–Crippen MR) is 102 cm³/mol. The highest BCUT2D eigenvalue weighted by atomic mass is 19.1. The Morgan fingerprint density at radius 2 is 1.86 bits per heavy atom. The van der Waals surface area contributed by atoms with Crippen LogP contribution in [-0.4, -0.2) is 23.7 Å². The Kier molecular flexibility index (Phi) is 4.26. The lowest BCUT2D eigenvalue weighted by Crippen LogP contribution is -2.54. The molecule has 0 radical (unpaired) electrons. The van der Waals surface area contributed by atoms with Gasteiger partial charge in [0.05, 0.1) is 0 Å². The fraction of sp³-hybridized carbons (Fsp3) is 0.696. The van der Waals surface area contributed by atoms with Gasteiger partial charge in [-0.3, -0.25) is 14.4 Å². The normalized spacial score (nSPS) is 45.5. The Balaban J connectivity index is 1.84. The van der Waals surface area contributed by atoms with Crippen molar-refractivity contribution < 1.29 is 23.5 Å². The molecule has 0 aromatic rings. The summed E-state index contributed by atoms with van der Waals surface area (Å²) >= 11 is 0. The average Bonchev–Trinajstić information content (AvgIpc) is 2.85. The van der Waals surface area contributed by atoms with Gasteiger partial charge < -0.3 is 4.74 Å². The lowest BCUT2D eigenvalue weighted by atomic mass is 9.44. The van der Waals surface area contributed by atoms with Crippen molar-refractivity contribution in [3.63, 3.8) is 0 Å². The Labute approximate surface area is 165 Å². The van der Waals surface area contributed by atoms with Crippen molar-refractivity contribution in [3.8, 4) is 0 Å². The molecule has 0 bridgehead atoms. The summed E-state index contributed by atoms with van der Waals surface area (Å²) in [4.78, 5) is 36.8. The fourth-order valence-electron chi connectivity index (χ4n) is 7.00. The quantitative estimate of drug-likeness (QED) is 0.627. The second kappa shape index (κ2) is 6.11. The average molecular weight is 388 g/mol. The Hall–Kier alpha value is -1.78. The molecule has 0 aromatic carbocycles. The van der Waals surface area contributed by atoms with Crippen LogP contribution in [0.3, 0.4) is 0 Å². The van der Waals surface area contributed by atoms with Gasteiger partial charge in [0.25, 0.3) is 0 Å². The summed E-state index contributed by atoms with van der Waals surface area (Å²) in [5.41, 5.74) is 0.659. The molecule has 0 aromatic heterocycles. The number of fused-ring (bicyclic) bond motifs is 5. The summed E-state index contributed by atoms with van der Waals surface area (Å²) in [6.45, 7) is 11.8. The van der Waals surface area contributed by atoms with Gasteiger partial charge in [-0.1, -0.05) is 27.4 Å². The molecule has 5 heteroatoms. The van der Waals surface area contributed by atoms with Crippen molar-refractivity contribution in [1.29, 1.82) is 0 Å². The summed E-state index contributed by atoms with van der Waals surface area (Å²) in [5, 5.41) is 0. The molecule has 152 valence electrons. The van der Waals surface area contributed by atoms with E-state index in [1.165, 1.54) is 6.92 Å². The zero-order valence-electron chi connectivity index (χ0n) is 17.1. The van der Waals surface area contributed by atoms with Gasteiger partial charge in [-0.25, -0.2) is 4.39 Å². The van der Waals surface area contributed by atoms with Crippen LogP contribution in [0.4, 0.5) is 4.39 Å². The molecule has 3 fully saturated rings. The summed E-state index contributed by atoms with van der Waals surface area (Å²) in [6.07, 6.45) is 1.42. The number of alkyl halides is 1. The van der Waals surface area contributed by atoms with Crippen LogP contribution < -0.4 is 0 Å². The number of ketones is 2. The molecule has 0 heterocycles. The number of Topliss-reactive ketones (excluding diaryl/α,β-unsaturated/α-hetero) is 2. The third kappa shape index (κ3) is 2.37. The number of allylic oxidation sites excluding steroid dienone is 2. The summed E-state index contributed by atoms with van der Waals surface area (Å²) in [5.74, 6) is -0.346. The highest BCUT2D eigenvalue weighted by Gasteiger charge is 2.64. The summed E-state index contributed by atoms with van der Waals surface area (Å²) in [7, 11) is 0. The first-order chi connectivity index (χ1) is 13.0. The number of carbonyl (C=O) groups excluding carboxylic acids is 3. The molecule has 0 aliphatic heterocycles. The molecule has 4 aliphatic rings. The highest BCUT2D eigenvalue weighted by molar-refractivity contribution is 5.98. The van der Waals surface area contributed by atoms with Gasteiger partial charge in [-0.05, 0) is 54.9 Å². The van der Waals surface area contributed by atoms with E-state index in [1.54, 1.807) is 0 Å². The number of halogens is 1. The summed E-state index contributed by atoms with van der Waals surface area (Å²) < 4.78 is 19.8. The summed E-state index contributed by atoms with van der Waals surface area (Å²) in [6, 6.07) is 0. The molecule has 2 unspecified atom stereocenters. The number of ether oxygens (including phenoxy) is 1. The highest BCUT2D eigenvalue weighted by Crippen LogP contribution is 2.67. The van der Waals surface area contributed by atoms with Crippen LogP contribution in [-0.2, 0) is 19.1 Å². The van der Waals surface area contributed by atoms with Crippen LogP contribution in [0.5, 0.6) is 0 Å². The molecule has 0 N–H and O–H groups in total. The van der Waals surface area contributed by atoms with E-state index in [0.717, 1.165) is 17.6 Å². The van der Waals surface area contributed by atoms with Crippen molar-refractivity contribution in [2.75, 3.05) is 0 Å². The van der Waals surface area contributed by atoms with Crippen LogP contribution in [0.15, 0.2) is 23.5 Å². The second-order valence-corrected chi connectivity index (χ2v) is 9.77. The third-order valence-electron chi connectivity index (χ3n) is 8.47. The molecular weight excluding hydrogens is 359 g/mol. The van der Waals surface area contributed by atoms with Crippen molar-refractivity contribution in [2.45, 2.75) is 66.0 Å². The van der Waals surface area contributed by atoms with Gasteiger partial charge >= 0.3 is 5.97 Å². The molecule has 7 atom stereocenters. The lowest BCUT2D eigenvalue weighted by molar-refractivity contribution is -0.143. The minimum Gasteiger partial charge on any atom is -0.423 e. The van der Waals surface area contributed by atoms with E-state index in [4.69, 9.17) is 4.74 Å². The largest absolute Gasteiger partial charge is 0.423 e. The van der Waals surface area contributed by atoms with Gasteiger partial charge in [-0.15, -0.1) is 0 Å². The van der Waals surface area contributed by atoms with Crippen molar-refractivity contribution >= 4 is 17.5 Å². The van der Waals surface area contributed by atoms with Gasteiger partial charge in [0, 0.05) is 29.7 Å². The predicted octanol–water partition coefficient (Wildman–Crippen LogP) is 4.34. The van der Waals surface area contributed by atoms with E-state index in [-0.39, 0.29) is 46.4 Å². The first-order valence-corrected chi connectivity index (χ1v) is 10.4. The maximum absolute atomic E-state index is 14.4. The van der Waals surface area contributed by atoms with Crippen LogP contribution in [0.25, 0.3) is 0 Å². The van der Waals surface area contributed by atoms with Crippen LogP contribution in [0.2, 0.25) is 0 Å². The Morgan fingerprint density at radius 1 is 1.18 bits per heavy atom. The minimum absolute atomic E-state index is 0.00585. The number of carbonyl (C=O) groups is 3. The Morgan fingerprint density at radius 3 is 2.50 bits per heavy atom. The molecule has 4 aliphatic carbocycles. The van der Waals surface area contributed by atoms with Gasteiger partial charge in [-0.2, -0.15) is 0 Å². The third-order valence-corrected chi connectivity index (χ3v) is 8.47. The van der Waals surface area contributed by atoms with E-state index in [1.807, 2.05) is 6.92 Å². The van der Waals surface area contributed by atoms with Gasteiger partial charge in [0.2, 0.25) is 0 Å². The van der Waals surface area contributed by atoms with E-state index < -0.39 is 17.6 Å². The smallest absolute Gasteiger partial charge is 0.308 e. The monoisotopic (exact) mass is 388 g/mol. The number of hydrogen-bond donors (Lipinski definition) is 0. The molecule has 28 heavy (non-hydrogen) atoms. The fourth-order valence-corrected chi connectivity index (χ4v) is 7.00. The molecule has 4 rings (SSSR count). The van der Waals surface area contributed by atoms with Crippen LogP contribution >= 0.6 is 0 Å². The van der Waals surface area contributed by atoms with Gasteiger partial charge in [0.1, 0.15) is 0 Å². The first-order valence-electron chi connectivity index (χ1n) is 10.4. The molecule has 4 nitrogen and oxygen atoms in total. The minimum atomic E-state index is -1.37. The first kappa shape index (κ1) is 19.5. The molecule has 0 amide bonds. The van der Waals surface area contributed by atoms with E-state index in [0.29, 0.717) is 25.7 Å². The SMILES string of the molecule is C=C1C2=C(OC(C)=O)C(=O)CC[C@]2(C)[C@@H]2CC[C@]3(C)C(=O)C(F)C[C@H]3[C@@H]2C1C. The lowest BCUT2D eigenvalue weighted by Gasteiger charge is -2.59. The van der Waals surface area contributed by atoms with Crippen LogP contribution in [0, 0.1) is 34.5 Å². The van der Waals surface area contributed by atoms with E-state index >= 15 is 0 Å². The van der Waals surface area contributed by atoms with Gasteiger partial charge in [0.15, 0.2) is 23.5 Å². The number of esters is 1. The van der Waals surface area contributed by atoms with Crippen molar-refractivity contribution in [2.24, 2.45) is 34.5 Å². The maximum atomic E-state index is 14.4. The second-order valence-electron chi connectivity index (χ2n) is 9.77. The molecule has 3 saturated carbocycles. The zero-order chi connectivity index (χ0) is 20.6. The van der Waals surface area contributed by atoms with Crippen LogP contribution in [0.1, 0.15) is 59.8 Å². The topological polar surface area (TPSA) is 60.4 Å². The maximum Gasteiger partial charge on any atom is 0.308 e. The number of hydrogen-bond acceptors (Lipinski definition) is 4. The van der Waals surface area contributed by atoms with E-state index in [9.17, 15) is 18.8 Å². The molecule has 0 spiro atoms. The molecule has 0 saturated heterocycles. The number of rotatable bonds is 1. The molecular formula is C23H29FO4. The van der Waals surface area contributed by atoms with E-state index in [2.05, 4.69) is 20.4 Å². The van der Waals surface area contributed by atoms with Crippen molar-refractivity contribution in [1.82, 2.24) is 0 Å². The van der Waals surface area contributed by atoms with Crippen molar-refractivity contribution in [3.05, 3.63) is 23.5 Å². The zero-order valence-corrected chi connectivity index (χ0v) is 17.1. The standard InChI is InChI=1S/C23H29FO4/c1-11-12(2)19-20(28-13(3)25)17(26)7-9-22(19,4)14-6-8-23(5)15(18(11)14)10-16(24)21(23)27/h11,14-16,18H,2,6-10H2,1,3-5H3/t11?,14-,15+,16?,18-,22-,23+/m1/s1. The Bertz CT molecular complexity index is 826.